The third-order valence-corrected chi connectivity index (χ3v) is 15.0. The Morgan fingerprint density at radius 1 is 0.909 bits per heavy atom. The Morgan fingerprint density at radius 3 is 2.39 bits per heavy atom. The minimum absolute atomic E-state index is 0.00156. The number of ketones is 1. The molecule has 0 radical (unpaired) electrons. The fraction of sp³-hybridized carbons (Fsp3) is 0.865. The summed E-state index contributed by atoms with van der Waals surface area (Å²) in [5.74, 6) is 2.85. The van der Waals surface area contributed by atoms with Crippen LogP contribution in [-0.2, 0) is 28.6 Å². The average molecular weight is 608 g/mol. The molecule has 8 fully saturated rings. The molecular formula is C37H53NO6. The van der Waals surface area contributed by atoms with Gasteiger partial charge in [0.15, 0.2) is 5.78 Å². The molecule has 1 saturated heterocycles. The van der Waals surface area contributed by atoms with Gasteiger partial charge in [0.1, 0.15) is 11.2 Å². The van der Waals surface area contributed by atoms with Crippen LogP contribution in [0.5, 0.6) is 0 Å². The lowest BCUT2D eigenvalue weighted by Gasteiger charge is -2.61. The summed E-state index contributed by atoms with van der Waals surface area (Å²) in [4.78, 5) is 42.1. The summed E-state index contributed by atoms with van der Waals surface area (Å²) in [5.41, 5.74) is 0.0227. The Labute approximate surface area is 263 Å². The number of hydrogen-bond donors (Lipinski definition) is 0. The van der Waals surface area contributed by atoms with Crippen LogP contribution in [0, 0.1) is 45.8 Å². The number of rotatable bonds is 5. The van der Waals surface area contributed by atoms with Gasteiger partial charge in [-0.2, -0.15) is 0 Å². The molecule has 44 heavy (non-hydrogen) atoms. The first-order valence-corrected chi connectivity index (χ1v) is 17.9. The van der Waals surface area contributed by atoms with Gasteiger partial charge >= 0.3 is 11.9 Å². The van der Waals surface area contributed by atoms with Crippen molar-refractivity contribution < 1.29 is 28.6 Å². The lowest BCUT2D eigenvalue weighted by Crippen LogP contribution is -2.62. The van der Waals surface area contributed by atoms with Crippen molar-refractivity contribution in [3.05, 3.63) is 11.6 Å². The molecule has 1 heterocycles. The zero-order valence-electron chi connectivity index (χ0n) is 27.3. The first kappa shape index (κ1) is 29.7. The second kappa shape index (κ2) is 10.1. The van der Waals surface area contributed by atoms with Crippen LogP contribution in [0.15, 0.2) is 11.6 Å². The van der Waals surface area contributed by atoms with Gasteiger partial charge in [-0.3, -0.25) is 19.3 Å². The van der Waals surface area contributed by atoms with E-state index in [0.29, 0.717) is 68.0 Å². The van der Waals surface area contributed by atoms with E-state index in [-0.39, 0.29) is 22.8 Å². The Bertz CT molecular complexity index is 1250. The van der Waals surface area contributed by atoms with Crippen LogP contribution in [0.3, 0.4) is 0 Å². The van der Waals surface area contributed by atoms with Crippen LogP contribution >= 0.6 is 0 Å². The largest absolute Gasteiger partial charge is 0.458 e. The lowest BCUT2D eigenvalue weighted by atomic mass is 9.46. The third kappa shape index (κ3) is 4.44. The van der Waals surface area contributed by atoms with E-state index in [0.717, 1.165) is 90.1 Å². The molecule has 8 aliphatic carbocycles. The number of fused-ring (bicyclic) bond motifs is 5. The Balaban J connectivity index is 0.990. The summed E-state index contributed by atoms with van der Waals surface area (Å²) >= 11 is 0. The maximum atomic E-state index is 14.5. The van der Waals surface area contributed by atoms with E-state index in [1.165, 1.54) is 5.57 Å². The fourth-order valence-corrected chi connectivity index (χ4v) is 13.0. The van der Waals surface area contributed by atoms with E-state index in [2.05, 4.69) is 25.7 Å². The summed E-state index contributed by atoms with van der Waals surface area (Å²) in [7, 11) is 0. The van der Waals surface area contributed by atoms with Crippen molar-refractivity contribution in [3.63, 3.8) is 0 Å². The zero-order chi connectivity index (χ0) is 30.5. The van der Waals surface area contributed by atoms with Gasteiger partial charge in [0.25, 0.3) is 0 Å². The SMILES string of the molecule is CC1(OC(=O)C23CC4CC(CC(OC(=O)CN5CCOCC5)(C4)C2)C3)CC[C@H]2C3CCC4=CC(=O)CC[C@]4(C)[C@H]3CC[C@@]21C. The van der Waals surface area contributed by atoms with Crippen LogP contribution < -0.4 is 0 Å². The predicted octanol–water partition coefficient (Wildman–Crippen LogP) is 6.03. The van der Waals surface area contributed by atoms with Crippen LogP contribution in [0.2, 0.25) is 0 Å². The standard InChI is InChI=1S/C37H53NO6/c1-33-9-6-27(39)17-26(33)4-5-28-29(33)7-10-34(2)30(28)8-11-35(34,3)44-32(41)36-18-24-16-25(19-36)21-37(20-24,23-36)43-31(40)22-38-12-14-42-15-13-38/h17,24-25,28-30H,4-16,18-23H2,1-3H3/t24?,25?,28?,29-,30-,33-,34-,35?,36?,37?/m0/s1. The summed E-state index contributed by atoms with van der Waals surface area (Å²) in [5, 5.41) is 0. The maximum absolute atomic E-state index is 14.5. The number of morpholine rings is 1. The molecule has 9 aliphatic rings. The molecule has 9 rings (SSSR count). The molecule has 242 valence electrons. The fourth-order valence-electron chi connectivity index (χ4n) is 13.0. The van der Waals surface area contributed by atoms with E-state index in [4.69, 9.17) is 14.2 Å². The van der Waals surface area contributed by atoms with Gasteiger partial charge in [0, 0.05) is 31.3 Å². The van der Waals surface area contributed by atoms with Gasteiger partial charge in [0.05, 0.1) is 25.2 Å². The highest BCUT2D eigenvalue weighted by Crippen LogP contribution is 2.69. The van der Waals surface area contributed by atoms with Gasteiger partial charge < -0.3 is 14.2 Å². The zero-order valence-corrected chi connectivity index (χ0v) is 27.3. The smallest absolute Gasteiger partial charge is 0.320 e. The van der Waals surface area contributed by atoms with Crippen molar-refractivity contribution in [1.82, 2.24) is 4.90 Å². The van der Waals surface area contributed by atoms with Crippen molar-refractivity contribution in [2.45, 2.75) is 122 Å². The average Bonchev–Trinajstić information content (AvgIpc) is 3.23. The molecular weight excluding hydrogens is 554 g/mol. The minimum atomic E-state index is -0.523. The molecule has 0 aromatic heterocycles. The predicted molar refractivity (Wildman–Crippen MR) is 164 cm³/mol. The summed E-state index contributed by atoms with van der Waals surface area (Å²) < 4.78 is 18.7. The molecule has 7 heteroatoms. The summed E-state index contributed by atoms with van der Waals surface area (Å²) in [6.45, 7) is 10.3. The second-order valence-corrected chi connectivity index (χ2v) is 17.4. The van der Waals surface area contributed by atoms with Gasteiger partial charge in [0.2, 0.25) is 0 Å². The molecule has 7 saturated carbocycles. The molecule has 4 bridgehead atoms. The van der Waals surface area contributed by atoms with Crippen molar-refractivity contribution in [2.75, 3.05) is 32.8 Å². The number of allylic oxidation sites excluding steroid dienone is 1. The van der Waals surface area contributed by atoms with Crippen LogP contribution in [0.1, 0.15) is 111 Å². The van der Waals surface area contributed by atoms with Crippen LogP contribution in [0.4, 0.5) is 0 Å². The highest BCUT2D eigenvalue weighted by Gasteiger charge is 2.67. The van der Waals surface area contributed by atoms with Crippen LogP contribution in [0.25, 0.3) is 0 Å². The molecule has 4 unspecified atom stereocenters. The molecule has 0 aromatic carbocycles. The molecule has 8 atom stereocenters. The number of carbonyl (C=O) groups excluding carboxylic acids is 3. The van der Waals surface area contributed by atoms with Crippen molar-refractivity contribution in [1.29, 1.82) is 0 Å². The summed E-state index contributed by atoms with van der Waals surface area (Å²) in [6, 6.07) is 0. The monoisotopic (exact) mass is 607 g/mol. The van der Waals surface area contributed by atoms with Gasteiger partial charge in [-0.1, -0.05) is 19.4 Å². The van der Waals surface area contributed by atoms with Crippen molar-refractivity contribution in [2.24, 2.45) is 45.8 Å². The van der Waals surface area contributed by atoms with E-state index >= 15 is 0 Å². The number of carbonyl (C=O) groups is 3. The first-order chi connectivity index (χ1) is 20.9. The summed E-state index contributed by atoms with van der Waals surface area (Å²) in [6.07, 6.45) is 15.5. The van der Waals surface area contributed by atoms with E-state index in [1.807, 2.05) is 6.08 Å². The van der Waals surface area contributed by atoms with E-state index < -0.39 is 16.6 Å². The molecule has 0 N–H and O–H groups in total. The highest BCUT2D eigenvalue weighted by molar-refractivity contribution is 5.91. The molecule has 1 aliphatic heterocycles. The number of hydrogen-bond acceptors (Lipinski definition) is 7. The minimum Gasteiger partial charge on any atom is -0.458 e. The Morgan fingerprint density at radius 2 is 1.64 bits per heavy atom. The van der Waals surface area contributed by atoms with Gasteiger partial charge in [-0.25, -0.2) is 0 Å². The van der Waals surface area contributed by atoms with E-state index in [1.54, 1.807) is 0 Å². The molecule has 7 nitrogen and oxygen atoms in total. The molecule has 0 amide bonds. The topological polar surface area (TPSA) is 82.1 Å². The van der Waals surface area contributed by atoms with Crippen molar-refractivity contribution >= 4 is 17.7 Å². The number of esters is 2. The first-order valence-electron chi connectivity index (χ1n) is 17.9. The van der Waals surface area contributed by atoms with E-state index in [9.17, 15) is 14.4 Å². The van der Waals surface area contributed by atoms with Crippen LogP contribution in [-0.4, -0.2) is 66.7 Å². The number of ether oxygens (including phenoxy) is 3. The quantitative estimate of drug-likeness (QED) is 0.353. The normalized spacial score (nSPS) is 49.5. The Hall–Kier alpha value is -1.73. The molecule has 0 spiro atoms. The highest BCUT2D eigenvalue weighted by atomic mass is 16.6. The third-order valence-electron chi connectivity index (χ3n) is 15.0. The Kier molecular flexibility index (Phi) is 6.83. The lowest BCUT2D eigenvalue weighted by molar-refractivity contribution is -0.226. The van der Waals surface area contributed by atoms with Gasteiger partial charge in [-0.15, -0.1) is 0 Å². The maximum Gasteiger partial charge on any atom is 0.320 e. The van der Waals surface area contributed by atoms with Crippen molar-refractivity contribution in [3.8, 4) is 0 Å². The molecule has 0 aromatic rings. The van der Waals surface area contributed by atoms with Gasteiger partial charge in [-0.05, 0) is 125 Å². The number of nitrogens with zero attached hydrogens (tertiary/aromatic N) is 1. The second-order valence-electron chi connectivity index (χ2n) is 17.4.